The highest BCUT2D eigenvalue weighted by Crippen LogP contribution is 2.56. The van der Waals surface area contributed by atoms with Gasteiger partial charge in [-0.15, -0.1) is 0 Å². The van der Waals surface area contributed by atoms with Gasteiger partial charge in [0.1, 0.15) is 23.9 Å². The summed E-state index contributed by atoms with van der Waals surface area (Å²) in [5, 5.41) is 61.0. The minimum Gasteiger partial charge on any atom is -0.393 e. The second-order valence-electron chi connectivity index (χ2n) is 5.94. The van der Waals surface area contributed by atoms with Crippen LogP contribution in [0.25, 0.3) is 0 Å². The van der Waals surface area contributed by atoms with Crippen molar-refractivity contribution >= 4 is 6.34 Å². The standard InChI is InChI=1S/C11H19N3O8/c12-2-14-7(17)3-5-9(19,1-15)6-4(16)10(3,13)8(18)11(20,21-5)22-6/h2-8,15-20H,1,13H2,(H2,12,14)/t3?,4-,5?,6?,7+,8-,9?,10?,11?/m0/s1. The Bertz CT molecular complexity index is 508. The van der Waals surface area contributed by atoms with Gasteiger partial charge in [-0.25, -0.2) is 4.99 Å². The zero-order valence-electron chi connectivity index (χ0n) is 11.4. The van der Waals surface area contributed by atoms with Crippen LogP contribution in [-0.2, 0) is 9.47 Å². The average Bonchev–Trinajstić information content (AvgIpc) is 2.46. The lowest BCUT2D eigenvalue weighted by Gasteiger charge is -2.69. The molecule has 3 saturated heterocycles. The van der Waals surface area contributed by atoms with Crippen molar-refractivity contribution in [2.45, 2.75) is 47.8 Å². The largest absolute Gasteiger partial charge is 0.393 e. The lowest BCUT2D eigenvalue weighted by molar-refractivity contribution is -0.546. The minimum absolute atomic E-state index is 0.779. The summed E-state index contributed by atoms with van der Waals surface area (Å²) < 4.78 is 10.1. The number of aliphatic imine (C=N–C) groups is 1. The van der Waals surface area contributed by atoms with Crippen molar-refractivity contribution in [3.8, 4) is 0 Å². The number of nitrogens with zero attached hydrogens (tertiary/aromatic N) is 1. The average molecular weight is 321 g/mol. The first-order chi connectivity index (χ1) is 10.2. The Morgan fingerprint density at radius 1 is 1.23 bits per heavy atom. The Morgan fingerprint density at radius 3 is 2.36 bits per heavy atom. The molecule has 4 bridgehead atoms. The fraction of sp³-hybridized carbons (Fsp3) is 0.909. The number of aliphatic hydroxyl groups is 6. The lowest BCUT2D eigenvalue weighted by Crippen LogP contribution is -2.93. The van der Waals surface area contributed by atoms with Crippen molar-refractivity contribution in [3.05, 3.63) is 0 Å². The van der Waals surface area contributed by atoms with Crippen LogP contribution in [0.2, 0.25) is 0 Å². The summed E-state index contributed by atoms with van der Waals surface area (Å²) in [6.45, 7) is -0.906. The van der Waals surface area contributed by atoms with E-state index in [1.54, 1.807) is 0 Å². The van der Waals surface area contributed by atoms with E-state index in [0.717, 1.165) is 6.34 Å². The van der Waals surface area contributed by atoms with Crippen molar-refractivity contribution in [2.75, 3.05) is 6.61 Å². The first-order valence-corrected chi connectivity index (χ1v) is 6.64. The minimum atomic E-state index is -2.58. The molecule has 0 spiro atoms. The molecule has 0 aromatic carbocycles. The van der Waals surface area contributed by atoms with E-state index in [0.29, 0.717) is 0 Å². The Balaban J connectivity index is 2.15. The van der Waals surface area contributed by atoms with Crippen LogP contribution < -0.4 is 11.5 Å². The van der Waals surface area contributed by atoms with E-state index in [2.05, 4.69) is 4.99 Å². The molecular formula is C11H19N3O8. The fourth-order valence-electron chi connectivity index (χ4n) is 3.77. The van der Waals surface area contributed by atoms with Crippen LogP contribution in [0.1, 0.15) is 0 Å². The second-order valence-corrected chi connectivity index (χ2v) is 5.94. The summed E-state index contributed by atoms with van der Waals surface area (Å²) in [7, 11) is 0. The number of nitrogens with two attached hydrogens (primary N) is 2. The van der Waals surface area contributed by atoms with E-state index in [1.165, 1.54) is 0 Å². The van der Waals surface area contributed by atoms with Gasteiger partial charge in [-0.3, -0.25) is 0 Å². The smallest absolute Gasteiger partial charge is 0.310 e. The van der Waals surface area contributed by atoms with Crippen LogP contribution in [0.15, 0.2) is 4.99 Å². The Labute approximate surface area is 124 Å². The first-order valence-electron chi connectivity index (χ1n) is 6.64. The summed E-state index contributed by atoms with van der Waals surface area (Å²) in [5.41, 5.74) is 7.01. The predicted molar refractivity (Wildman–Crippen MR) is 67.8 cm³/mol. The van der Waals surface area contributed by atoms with Gasteiger partial charge >= 0.3 is 5.97 Å². The molecule has 4 aliphatic rings. The number of hydrogen-bond acceptors (Lipinski definition) is 10. The van der Waals surface area contributed by atoms with Crippen molar-refractivity contribution in [1.29, 1.82) is 0 Å². The van der Waals surface area contributed by atoms with Crippen molar-refractivity contribution in [1.82, 2.24) is 0 Å². The fourth-order valence-corrected chi connectivity index (χ4v) is 3.77. The molecule has 4 fully saturated rings. The van der Waals surface area contributed by atoms with Gasteiger partial charge in [-0.05, 0) is 0 Å². The molecule has 0 aromatic heterocycles. The van der Waals surface area contributed by atoms with Gasteiger partial charge in [-0.2, -0.15) is 0 Å². The highest BCUT2D eigenvalue weighted by molar-refractivity contribution is 5.51. The van der Waals surface area contributed by atoms with E-state index in [9.17, 15) is 30.6 Å². The first kappa shape index (κ1) is 16.0. The molecule has 3 heterocycles. The Morgan fingerprint density at radius 2 is 1.82 bits per heavy atom. The molecule has 6 unspecified atom stereocenters. The Hall–Kier alpha value is -0.890. The van der Waals surface area contributed by atoms with Crippen LogP contribution in [0.5, 0.6) is 0 Å². The third-order valence-corrected chi connectivity index (χ3v) is 4.91. The molecule has 0 radical (unpaired) electrons. The van der Waals surface area contributed by atoms with Crippen molar-refractivity contribution in [2.24, 2.45) is 22.4 Å². The van der Waals surface area contributed by atoms with E-state index in [1.807, 2.05) is 0 Å². The Kier molecular flexibility index (Phi) is 3.32. The molecule has 3 aliphatic heterocycles. The van der Waals surface area contributed by atoms with Crippen LogP contribution in [0.4, 0.5) is 0 Å². The van der Waals surface area contributed by atoms with Gasteiger partial charge in [0.15, 0.2) is 12.3 Å². The summed E-state index contributed by atoms with van der Waals surface area (Å²) in [6, 6.07) is 0. The maximum absolute atomic E-state index is 10.6. The van der Waals surface area contributed by atoms with Gasteiger partial charge in [0.2, 0.25) is 0 Å². The second kappa shape index (κ2) is 4.56. The predicted octanol–water partition coefficient (Wildman–Crippen LogP) is -5.49. The summed E-state index contributed by atoms with van der Waals surface area (Å²) in [6.07, 6.45) is -7.52. The molecule has 11 heteroatoms. The van der Waals surface area contributed by atoms with Gasteiger partial charge in [-0.1, -0.05) is 0 Å². The van der Waals surface area contributed by atoms with E-state index >= 15 is 0 Å². The number of aliphatic hydroxyl groups excluding tert-OH is 4. The SMILES string of the molecule is NC=N[C@H](O)C1C2OC3(O)OC([C@H](O)C1(N)[C@@H]3O)C2(O)CO. The van der Waals surface area contributed by atoms with Crippen LogP contribution in [0.3, 0.4) is 0 Å². The lowest BCUT2D eigenvalue weighted by atomic mass is 9.56. The third-order valence-electron chi connectivity index (χ3n) is 4.91. The molecule has 11 nitrogen and oxygen atoms in total. The zero-order valence-corrected chi connectivity index (χ0v) is 11.4. The number of hydrogen-bond donors (Lipinski definition) is 8. The molecule has 22 heavy (non-hydrogen) atoms. The summed E-state index contributed by atoms with van der Waals surface area (Å²) >= 11 is 0. The maximum Gasteiger partial charge on any atom is 0.310 e. The topological polar surface area (TPSA) is 204 Å². The highest BCUT2D eigenvalue weighted by Gasteiger charge is 2.81. The van der Waals surface area contributed by atoms with Crippen LogP contribution in [-0.4, -0.2) is 91.3 Å². The molecule has 1 saturated carbocycles. The normalized spacial score (nSPS) is 58.4. The van der Waals surface area contributed by atoms with E-state index in [-0.39, 0.29) is 0 Å². The van der Waals surface area contributed by atoms with Crippen molar-refractivity contribution < 1.29 is 40.1 Å². The van der Waals surface area contributed by atoms with E-state index < -0.39 is 60.3 Å². The quantitative estimate of drug-likeness (QED) is 0.183. The third kappa shape index (κ3) is 1.57. The highest BCUT2D eigenvalue weighted by atomic mass is 16.9. The van der Waals surface area contributed by atoms with Gasteiger partial charge in [0.25, 0.3) is 0 Å². The molecule has 10 N–H and O–H groups in total. The summed E-state index contributed by atoms with van der Waals surface area (Å²) in [4.78, 5) is 3.52. The molecule has 9 atom stereocenters. The summed E-state index contributed by atoms with van der Waals surface area (Å²) in [5.74, 6) is -3.94. The van der Waals surface area contributed by atoms with Crippen LogP contribution >= 0.6 is 0 Å². The maximum atomic E-state index is 10.6. The number of ether oxygens (including phenoxy) is 2. The molecular weight excluding hydrogens is 302 g/mol. The number of rotatable bonds is 3. The van der Waals surface area contributed by atoms with Crippen LogP contribution in [0, 0.1) is 5.92 Å². The van der Waals surface area contributed by atoms with Gasteiger partial charge in [0.05, 0.1) is 24.4 Å². The molecule has 0 amide bonds. The van der Waals surface area contributed by atoms with Crippen molar-refractivity contribution in [3.63, 3.8) is 0 Å². The molecule has 1 aliphatic carbocycles. The zero-order chi connectivity index (χ0) is 16.5. The van der Waals surface area contributed by atoms with Gasteiger partial charge < -0.3 is 51.6 Å². The molecule has 4 rings (SSSR count). The molecule has 126 valence electrons. The molecule has 0 aromatic rings. The van der Waals surface area contributed by atoms with E-state index in [4.69, 9.17) is 20.9 Å². The monoisotopic (exact) mass is 321 g/mol. The van der Waals surface area contributed by atoms with Gasteiger partial charge in [0, 0.05) is 0 Å².